The summed E-state index contributed by atoms with van der Waals surface area (Å²) in [6.45, 7) is 8.49. The monoisotopic (exact) mass is 519 g/mol. The van der Waals surface area contributed by atoms with E-state index in [1.54, 1.807) is 22.5 Å². The molecule has 1 fully saturated rings. The van der Waals surface area contributed by atoms with E-state index in [9.17, 15) is 13.2 Å². The third-order valence-electron chi connectivity index (χ3n) is 7.49. The van der Waals surface area contributed by atoms with Crippen molar-refractivity contribution in [3.05, 3.63) is 35.0 Å². The molecular weight excluding hydrogens is 478 g/mol. The molecule has 4 rings (SSSR count). The molecule has 0 bridgehead atoms. The van der Waals surface area contributed by atoms with Gasteiger partial charge in [0, 0.05) is 32.2 Å². The molecule has 1 aromatic carbocycles. The van der Waals surface area contributed by atoms with Crippen LogP contribution in [-0.4, -0.2) is 81.5 Å². The Kier molecular flexibility index (Phi) is 8.59. The van der Waals surface area contributed by atoms with Crippen LogP contribution in [-0.2, 0) is 14.8 Å². The van der Waals surface area contributed by atoms with Crippen molar-refractivity contribution in [3.63, 3.8) is 0 Å². The normalized spacial score (nSPS) is 22.2. The number of amides is 1. The van der Waals surface area contributed by atoms with Crippen molar-refractivity contribution in [2.45, 2.75) is 56.9 Å². The lowest BCUT2D eigenvalue weighted by molar-refractivity contribution is -0.118. The van der Waals surface area contributed by atoms with E-state index in [-0.39, 0.29) is 10.8 Å². The fourth-order valence-corrected chi connectivity index (χ4v) is 7.25. The Balaban J connectivity index is 1.64. The summed E-state index contributed by atoms with van der Waals surface area (Å²) in [7, 11) is -1.73. The number of nitrogens with one attached hydrogen (secondary N) is 1. The van der Waals surface area contributed by atoms with Gasteiger partial charge in [-0.2, -0.15) is 4.31 Å². The van der Waals surface area contributed by atoms with Crippen LogP contribution in [0.5, 0.6) is 5.75 Å². The third-order valence-corrected chi connectivity index (χ3v) is 9.39. The van der Waals surface area contributed by atoms with Gasteiger partial charge < -0.3 is 20.7 Å². The molecule has 36 heavy (non-hydrogen) atoms. The summed E-state index contributed by atoms with van der Waals surface area (Å²) < 4.78 is 34.8. The van der Waals surface area contributed by atoms with Gasteiger partial charge in [0.1, 0.15) is 11.4 Å². The van der Waals surface area contributed by atoms with E-state index in [4.69, 9.17) is 10.5 Å². The van der Waals surface area contributed by atoms with Crippen molar-refractivity contribution >= 4 is 15.9 Å². The topological polar surface area (TPSA) is 108 Å². The van der Waals surface area contributed by atoms with Crippen LogP contribution in [0.15, 0.2) is 34.4 Å². The zero-order chi connectivity index (χ0) is 25.9. The van der Waals surface area contributed by atoms with Crippen molar-refractivity contribution in [2.75, 3.05) is 53.0 Å². The Morgan fingerprint density at radius 2 is 1.94 bits per heavy atom. The number of carbonyl (C=O) groups excluding carboxylic acids is 1. The summed E-state index contributed by atoms with van der Waals surface area (Å²) in [5.74, 6) is 1.01. The summed E-state index contributed by atoms with van der Waals surface area (Å²) in [6.07, 6.45) is 4.77. The fraction of sp³-hybridized carbons (Fsp3) is 0.654. The number of benzene rings is 1. The summed E-state index contributed by atoms with van der Waals surface area (Å²) in [6, 6.07) is 4.65. The average Bonchev–Trinajstić information content (AvgIpc) is 3.20. The van der Waals surface area contributed by atoms with E-state index in [0.717, 1.165) is 44.2 Å². The van der Waals surface area contributed by atoms with Crippen LogP contribution in [0.3, 0.4) is 0 Å². The average molecular weight is 520 g/mol. The highest BCUT2D eigenvalue weighted by Crippen LogP contribution is 2.40. The van der Waals surface area contributed by atoms with Gasteiger partial charge >= 0.3 is 0 Å². The summed E-state index contributed by atoms with van der Waals surface area (Å²) in [4.78, 5) is 17.5. The molecule has 0 spiro atoms. The quantitative estimate of drug-likeness (QED) is 0.488. The highest BCUT2D eigenvalue weighted by atomic mass is 32.2. The molecule has 1 atom stereocenters. The largest absolute Gasteiger partial charge is 0.494 e. The first-order valence-corrected chi connectivity index (χ1v) is 14.7. The second-order valence-electron chi connectivity index (χ2n) is 10.1. The zero-order valence-corrected chi connectivity index (χ0v) is 22.6. The number of nitrogens with two attached hydrogens (primary N) is 1. The molecule has 0 aromatic heterocycles. The van der Waals surface area contributed by atoms with Gasteiger partial charge in [-0.3, -0.25) is 9.69 Å². The molecule has 3 aliphatic rings. The highest BCUT2D eigenvalue weighted by Gasteiger charge is 2.40. The Morgan fingerprint density at radius 3 is 2.61 bits per heavy atom. The van der Waals surface area contributed by atoms with Crippen molar-refractivity contribution in [1.82, 2.24) is 19.4 Å². The number of piperidine rings is 1. The van der Waals surface area contributed by atoms with E-state index in [2.05, 4.69) is 17.1 Å². The molecular formula is C26H41N5O4S. The number of ether oxygens (including phenoxy) is 1. The molecule has 3 heterocycles. The zero-order valence-electron chi connectivity index (χ0n) is 21.8. The van der Waals surface area contributed by atoms with E-state index in [1.807, 2.05) is 18.9 Å². The van der Waals surface area contributed by atoms with Crippen molar-refractivity contribution in [2.24, 2.45) is 11.7 Å². The van der Waals surface area contributed by atoms with Crippen molar-refractivity contribution in [3.8, 4) is 5.75 Å². The lowest BCUT2D eigenvalue weighted by atomic mass is 9.93. The van der Waals surface area contributed by atoms with Gasteiger partial charge in [-0.25, -0.2) is 8.42 Å². The van der Waals surface area contributed by atoms with Crippen LogP contribution < -0.4 is 15.8 Å². The molecule has 9 nitrogen and oxygen atoms in total. The summed E-state index contributed by atoms with van der Waals surface area (Å²) in [5, 5.41) is 3.11. The molecule has 3 N–H and O–H groups in total. The van der Waals surface area contributed by atoms with Gasteiger partial charge in [0.05, 0.1) is 24.2 Å². The Morgan fingerprint density at radius 1 is 1.19 bits per heavy atom. The highest BCUT2D eigenvalue weighted by molar-refractivity contribution is 7.89. The minimum absolute atomic E-state index is 0.121. The SMILES string of the molecule is CCCN1CC2=C(C(=O)NC2c2cc(S(=O)(=O)N3CCC(CCCN)CC3)ccc2OCC)N(C)C1. The van der Waals surface area contributed by atoms with Crippen molar-refractivity contribution < 1.29 is 17.9 Å². The molecule has 0 aliphatic carbocycles. The van der Waals surface area contributed by atoms with Crippen LogP contribution in [0, 0.1) is 5.92 Å². The van der Waals surface area contributed by atoms with E-state index >= 15 is 0 Å². The van der Waals surface area contributed by atoms with Crippen LogP contribution in [0.4, 0.5) is 0 Å². The Bertz CT molecular complexity index is 1080. The molecule has 1 amide bonds. The first-order valence-electron chi connectivity index (χ1n) is 13.2. The number of sulfonamides is 1. The molecule has 0 radical (unpaired) electrons. The van der Waals surface area contributed by atoms with Crippen LogP contribution in [0.25, 0.3) is 0 Å². The summed E-state index contributed by atoms with van der Waals surface area (Å²) >= 11 is 0. The minimum Gasteiger partial charge on any atom is -0.494 e. The smallest absolute Gasteiger partial charge is 0.268 e. The number of nitrogens with zero attached hydrogens (tertiary/aromatic N) is 3. The molecule has 10 heteroatoms. The fourth-order valence-electron chi connectivity index (χ4n) is 5.74. The van der Waals surface area contributed by atoms with Crippen LogP contribution in [0.2, 0.25) is 0 Å². The maximum atomic E-state index is 13.6. The number of likely N-dealkylation sites (N-methyl/N-ethyl adjacent to an activating group) is 1. The summed E-state index contributed by atoms with van der Waals surface area (Å²) in [5.41, 5.74) is 8.00. The predicted molar refractivity (Wildman–Crippen MR) is 140 cm³/mol. The lowest BCUT2D eigenvalue weighted by Crippen LogP contribution is -2.43. The maximum absolute atomic E-state index is 13.6. The Labute approximate surface area is 215 Å². The van der Waals surface area contributed by atoms with Gasteiger partial charge in [0.15, 0.2) is 0 Å². The molecule has 1 unspecified atom stereocenters. The third kappa shape index (κ3) is 5.41. The van der Waals surface area contributed by atoms with E-state index < -0.39 is 16.1 Å². The molecule has 1 aromatic rings. The van der Waals surface area contributed by atoms with Gasteiger partial charge in [-0.1, -0.05) is 6.92 Å². The number of carbonyl (C=O) groups is 1. The molecule has 3 aliphatic heterocycles. The second kappa shape index (κ2) is 11.5. The van der Waals surface area contributed by atoms with Crippen LogP contribution in [0.1, 0.15) is 57.6 Å². The van der Waals surface area contributed by atoms with Gasteiger partial charge in [-0.15, -0.1) is 0 Å². The van der Waals surface area contributed by atoms with Crippen LogP contribution >= 0.6 is 0 Å². The Hall–Kier alpha value is -2.14. The second-order valence-corrected chi connectivity index (χ2v) is 12.0. The lowest BCUT2D eigenvalue weighted by Gasteiger charge is -2.35. The number of hydrogen-bond donors (Lipinski definition) is 2. The molecule has 1 saturated heterocycles. The van der Waals surface area contributed by atoms with Gasteiger partial charge in [0.2, 0.25) is 10.0 Å². The van der Waals surface area contributed by atoms with Crippen molar-refractivity contribution in [1.29, 1.82) is 0 Å². The molecule has 200 valence electrons. The number of hydrogen-bond acceptors (Lipinski definition) is 7. The standard InChI is InChI=1S/C26H41N5O4S/c1-4-13-30-17-22-24(28-26(32)25(22)29(3)18-30)21-16-20(8-9-23(21)35-5-2)36(33,34)31-14-10-19(11-15-31)7-6-12-27/h8-9,16,19,24H,4-7,10-15,17-18,27H2,1-3H3,(H,28,32). The first kappa shape index (κ1) is 26.9. The maximum Gasteiger partial charge on any atom is 0.268 e. The van der Waals surface area contributed by atoms with Gasteiger partial charge in [0.25, 0.3) is 5.91 Å². The van der Waals surface area contributed by atoms with E-state index in [1.165, 1.54) is 0 Å². The van der Waals surface area contributed by atoms with Gasteiger partial charge in [-0.05, 0) is 81.8 Å². The first-order chi connectivity index (χ1) is 17.3. The minimum atomic E-state index is -3.66. The number of rotatable bonds is 10. The van der Waals surface area contributed by atoms with E-state index in [0.29, 0.717) is 62.4 Å². The molecule has 0 saturated carbocycles. The predicted octanol–water partition coefficient (Wildman–Crippen LogP) is 2.26.